The Kier molecular flexibility index (Phi) is 6.19. The fraction of sp³-hybridized carbons (Fsp3) is 0.350. The van der Waals surface area contributed by atoms with Gasteiger partial charge in [0, 0.05) is 12.1 Å². The van der Waals surface area contributed by atoms with E-state index >= 15 is 0 Å². The van der Waals surface area contributed by atoms with Crippen LogP contribution in [0.4, 0.5) is 0 Å². The summed E-state index contributed by atoms with van der Waals surface area (Å²) in [6.07, 6.45) is 3.37. The first-order chi connectivity index (χ1) is 12.9. The van der Waals surface area contributed by atoms with E-state index in [9.17, 15) is 13.2 Å². The Morgan fingerprint density at radius 2 is 2.00 bits per heavy atom. The van der Waals surface area contributed by atoms with Crippen molar-refractivity contribution in [3.63, 3.8) is 0 Å². The van der Waals surface area contributed by atoms with Crippen molar-refractivity contribution >= 4 is 27.5 Å². The first-order valence-corrected chi connectivity index (χ1v) is 11.0. The lowest BCUT2D eigenvalue weighted by molar-refractivity contribution is 0.0936. The van der Waals surface area contributed by atoms with Crippen LogP contribution in [0, 0.1) is 0 Å². The second-order valence-electron chi connectivity index (χ2n) is 6.66. The quantitative estimate of drug-likeness (QED) is 0.686. The van der Waals surface area contributed by atoms with Gasteiger partial charge in [-0.25, -0.2) is 13.1 Å². The third-order valence-corrected chi connectivity index (χ3v) is 6.69. The fourth-order valence-corrected chi connectivity index (χ4v) is 4.86. The molecule has 2 aromatic rings. The summed E-state index contributed by atoms with van der Waals surface area (Å²) in [6.45, 7) is 2.32. The highest BCUT2D eigenvalue weighted by atomic mass is 35.5. The van der Waals surface area contributed by atoms with Gasteiger partial charge >= 0.3 is 0 Å². The van der Waals surface area contributed by atoms with Crippen LogP contribution in [0.25, 0.3) is 0 Å². The maximum atomic E-state index is 12.7. The molecule has 3 rings (SSSR count). The Morgan fingerprint density at radius 1 is 1.22 bits per heavy atom. The molecule has 0 spiro atoms. The third kappa shape index (κ3) is 4.51. The van der Waals surface area contributed by atoms with Crippen molar-refractivity contribution in [2.45, 2.75) is 43.5 Å². The van der Waals surface area contributed by atoms with Crippen LogP contribution in [0.2, 0.25) is 5.02 Å². The van der Waals surface area contributed by atoms with E-state index in [2.05, 4.69) is 16.1 Å². The lowest BCUT2D eigenvalue weighted by Gasteiger charge is -2.15. The lowest BCUT2D eigenvalue weighted by atomic mass is 10.1. The number of hydrogen-bond donors (Lipinski definition) is 2. The molecule has 1 atom stereocenters. The predicted molar refractivity (Wildman–Crippen MR) is 107 cm³/mol. The zero-order valence-corrected chi connectivity index (χ0v) is 16.7. The number of carbonyl (C=O) groups excluding carboxylic acids is 1. The predicted octanol–water partition coefficient (Wildman–Crippen LogP) is 3.84. The molecule has 0 heterocycles. The fourth-order valence-electron chi connectivity index (χ4n) is 3.26. The molecule has 5 nitrogen and oxygen atoms in total. The van der Waals surface area contributed by atoms with Crippen molar-refractivity contribution in [1.82, 2.24) is 10.0 Å². The van der Waals surface area contributed by atoms with Crippen LogP contribution >= 0.6 is 11.6 Å². The largest absolute Gasteiger partial charge is 0.345 e. The molecule has 1 unspecified atom stereocenters. The van der Waals surface area contributed by atoms with Crippen LogP contribution in [-0.4, -0.2) is 20.9 Å². The van der Waals surface area contributed by atoms with Crippen molar-refractivity contribution in [1.29, 1.82) is 0 Å². The molecule has 1 aliphatic rings. The highest BCUT2D eigenvalue weighted by molar-refractivity contribution is 7.89. The normalized spacial score (nSPS) is 16.1. The first kappa shape index (κ1) is 19.9. The Bertz CT molecular complexity index is 944. The first-order valence-electron chi connectivity index (χ1n) is 9.10. The van der Waals surface area contributed by atoms with E-state index in [-0.39, 0.29) is 27.4 Å². The van der Waals surface area contributed by atoms with Gasteiger partial charge in [0.1, 0.15) is 4.90 Å². The van der Waals surface area contributed by atoms with Gasteiger partial charge in [-0.15, -0.1) is 0 Å². The average molecular weight is 407 g/mol. The average Bonchev–Trinajstić information content (AvgIpc) is 3.05. The maximum Gasteiger partial charge on any atom is 0.251 e. The molecule has 0 aliphatic heterocycles. The molecule has 2 aromatic carbocycles. The zero-order valence-electron chi connectivity index (χ0n) is 15.2. The minimum absolute atomic E-state index is 0.0629. The van der Waals surface area contributed by atoms with Gasteiger partial charge in [-0.3, -0.25) is 4.79 Å². The highest BCUT2D eigenvalue weighted by Crippen LogP contribution is 2.31. The maximum absolute atomic E-state index is 12.7. The van der Waals surface area contributed by atoms with Crippen LogP contribution in [-0.2, 0) is 16.4 Å². The number of nitrogens with one attached hydrogen (secondary N) is 2. The summed E-state index contributed by atoms with van der Waals surface area (Å²) in [6, 6.07) is 12.3. The van der Waals surface area contributed by atoms with Gasteiger partial charge in [0.15, 0.2) is 0 Å². The standard InChI is InChI=1S/C20H23ClN2O3S/c1-2-3-12-22-27(25,26)19-13-15(8-10-17(19)21)20(24)23-18-11-9-14-6-4-5-7-16(14)18/h4-8,10,13,18,22H,2-3,9,11-12H2,1H3,(H,23,24). The summed E-state index contributed by atoms with van der Waals surface area (Å²) in [5.41, 5.74) is 2.64. The summed E-state index contributed by atoms with van der Waals surface area (Å²) in [5.74, 6) is -0.307. The number of benzene rings is 2. The Hall–Kier alpha value is -1.89. The minimum Gasteiger partial charge on any atom is -0.345 e. The van der Waals surface area contributed by atoms with E-state index in [1.807, 2.05) is 25.1 Å². The van der Waals surface area contributed by atoms with E-state index < -0.39 is 10.0 Å². The van der Waals surface area contributed by atoms with E-state index in [1.54, 1.807) is 6.07 Å². The zero-order chi connectivity index (χ0) is 19.4. The van der Waals surface area contributed by atoms with Crippen LogP contribution in [0.1, 0.15) is 53.7 Å². The third-order valence-electron chi connectivity index (χ3n) is 4.74. The number of sulfonamides is 1. The number of amides is 1. The molecule has 0 fully saturated rings. The summed E-state index contributed by atoms with van der Waals surface area (Å²) in [5, 5.41) is 3.10. The number of rotatable bonds is 7. The molecule has 0 saturated carbocycles. The lowest BCUT2D eigenvalue weighted by Crippen LogP contribution is -2.28. The second-order valence-corrected chi connectivity index (χ2v) is 8.80. The molecule has 2 N–H and O–H groups in total. The van der Waals surface area contributed by atoms with E-state index in [4.69, 9.17) is 11.6 Å². The van der Waals surface area contributed by atoms with Gasteiger partial charge < -0.3 is 5.32 Å². The number of fused-ring (bicyclic) bond motifs is 1. The van der Waals surface area contributed by atoms with Gasteiger partial charge in [-0.1, -0.05) is 49.2 Å². The molecule has 1 amide bonds. The topological polar surface area (TPSA) is 75.3 Å². The van der Waals surface area contributed by atoms with Gasteiger partial charge in [0.25, 0.3) is 5.91 Å². The number of halogens is 1. The van der Waals surface area contributed by atoms with Crippen LogP contribution < -0.4 is 10.0 Å². The minimum atomic E-state index is -3.76. The van der Waals surface area contributed by atoms with Crippen LogP contribution in [0.3, 0.4) is 0 Å². The molecule has 7 heteroatoms. The van der Waals surface area contributed by atoms with E-state index in [0.29, 0.717) is 6.54 Å². The Balaban J connectivity index is 1.78. The van der Waals surface area contributed by atoms with Gasteiger partial charge in [-0.2, -0.15) is 0 Å². The highest BCUT2D eigenvalue weighted by Gasteiger charge is 2.25. The second kappa shape index (κ2) is 8.42. The Morgan fingerprint density at radius 3 is 2.78 bits per heavy atom. The molecule has 27 heavy (non-hydrogen) atoms. The molecular formula is C20H23ClN2O3S. The molecule has 144 valence electrons. The molecular weight excluding hydrogens is 384 g/mol. The van der Waals surface area contributed by atoms with E-state index in [0.717, 1.165) is 31.2 Å². The van der Waals surface area contributed by atoms with Crippen molar-refractivity contribution in [3.05, 3.63) is 64.2 Å². The molecule has 0 aromatic heterocycles. The van der Waals surface area contributed by atoms with Gasteiger partial charge in [0.2, 0.25) is 10.0 Å². The SMILES string of the molecule is CCCCNS(=O)(=O)c1cc(C(=O)NC2CCc3ccccc32)ccc1Cl. The van der Waals surface area contributed by atoms with Crippen molar-refractivity contribution in [2.24, 2.45) is 0 Å². The summed E-state index contributed by atoms with van der Waals surface area (Å²) in [4.78, 5) is 12.6. The van der Waals surface area contributed by atoms with Crippen LogP contribution in [0.5, 0.6) is 0 Å². The number of aryl methyl sites for hydroxylation is 1. The van der Waals surface area contributed by atoms with Crippen LogP contribution in [0.15, 0.2) is 47.4 Å². The summed E-state index contributed by atoms with van der Waals surface area (Å²) < 4.78 is 27.5. The summed E-state index contributed by atoms with van der Waals surface area (Å²) >= 11 is 6.08. The molecule has 0 radical (unpaired) electrons. The van der Waals surface area contributed by atoms with Crippen molar-refractivity contribution in [3.8, 4) is 0 Å². The van der Waals surface area contributed by atoms with Crippen molar-refractivity contribution in [2.75, 3.05) is 6.54 Å². The smallest absolute Gasteiger partial charge is 0.251 e. The van der Waals surface area contributed by atoms with Gasteiger partial charge in [0.05, 0.1) is 11.1 Å². The monoisotopic (exact) mass is 406 g/mol. The molecule has 0 saturated heterocycles. The van der Waals surface area contributed by atoms with E-state index in [1.165, 1.54) is 17.7 Å². The summed E-state index contributed by atoms with van der Waals surface area (Å²) in [7, 11) is -3.76. The molecule has 1 aliphatic carbocycles. The van der Waals surface area contributed by atoms with Crippen molar-refractivity contribution < 1.29 is 13.2 Å². The number of carbonyl (C=O) groups is 1. The number of unbranched alkanes of at least 4 members (excludes halogenated alkanes) is 1. The number of hydrogen-bond acceptors (Lipinski definition) is 3. The molecule has 0 bridgehead atoms. The Labute approximate surface area is 165 Å². The van der Waals surface area contributed by atoms with Gasteiger partial charge in [-0.05, 0) is 48.6 Å².